The molecule has 0 radical (unpaired) electrons. The van der Waals surface area contributed by atoms with Gasteiger partial charge in [-0.05, 0) is 105 Å². The van der Waals surface area contributed by atoms with Gasteiger partial charge in [-0.1, -0.05) is 54.6 Å². The number of benzene rings is 4. The van der Waals surface area contributed by atoms with Crippen LogP contribution in [0.4, 0.5) is 9.18 Å². The number of fused-ring (bicyclic) bond motifs is 3. The molecule has 12 nitrogen and oxygen atoms in total. The summed E-state index contributed by atoms with van der Waals surface area (Å²) in [4.78, 5) is 61.7. The van der Waals surface area contributed by atoms with Gasteiger partial charge in [-0.3, -0.25) is 14.5 Å². The van der Waals surface area contributed by atoms with Gasteiger partial charge in [0.05, 0.1) is 41.3 Å². The molecule has 0 spiro atoms. The van der Waals surface area contributed by atoms with Crippen molar-refractivity contribution in [1.82, 2.24) is 40.0 Å². The van der Waals surface area contributed by atoms with Gasteiger partial charge in [-0.15, -0.1) is 0 Å². The van der Waals surface area contributed by atoms with Gasteiger partial charge < -0.3 is 29.8 Å². The molecule has 6 aromatic rings. The molecule has 3 aliphatic heterocycles. The maximum absolute atomic E-state index is 14.9. The minimum absolute atomic E-state index is 0.0870. The standard InChI is InChI=1S/C44H45FN8O4/c1-51(2)39(30-7-4-5-8-31(30)45)43(55)52-22-6-9-37(52)40-46-32-18-14-27(23-35(32)48-40)25-10-12-26(13-11-25)28-15-19-33-36(24-28)49-41(47-33)38-21-17-29-16-20-34(42(54)53(29)38)50-44(56)57-3/h4-5,7-8,10-15,18-19,23-24,29,34,37-39H,6,9,16-17,20-22H2,1-3H3,(H,46,48)(H,47,49)(H,50,56)/t29-,34-,37-,38-,39+/m0/s1. The zero-order chi connectivity index (χ0) is 39.4. The molecule has 4 aromatic carbocycles. The topological polar surface area (TPSA) is 140 Å². The minimum Gasteiger partial charge on any atom is -0.453 e. The lowest BCUT2D eigenvalue weighted by Crippen LogP contribution is -2.54. The zero-order valence-corrected chi connectivity index (χ0v) is 32.2. The van der Waals surface area contributed by atoms with Crippen molar-refractivity contribution in [2.75, 3.05) is 27.7 Å². The molecule has 0 unspecified atom stereocenters. The molecule has 3 amide bonds. The van der Waals surface area contributed by atoms with Gasteiger partial charge >= 0.3 is 6.09 Å². The van der Waals surface area contributed by atoms with Crippen LogP contribution in [0.15, 0.2) is 84.9 Å². The number of rotatable bonds is 8. The van der Waals surface area contributed by atoms with E-state index >= 15 is 0 Å². The molecule has 0 saturated carbocycles. The molecule has 57 heavy (non-hydrogen) atoms. The van der Waals surface area contributed by atoms with E-state index in [0.717, 1.165) is 88.1 Å². The summed E-state index contributed by atoms with van der Waals surface area (Å²) in [5, 5.41) is 2.70. The molecule has 3 fully saturated rings. The Morgan fingerprint density at radius 3 is 2.02 bits per heavy atom. The van der Waals surface area contributed by atoms with E-state index in [1.54, 1.807) is 37.2 Å². The lowest BCUT2D eigenvalue weighted by molar-refractivity contribution is -0.140. The highest BCUT2D eigenvalue weighted by atomic mass is 19.1. The van der Waals surface area contributed by atoms with E-state index in [1.807, 2.05) is 21.9 Å². The first kappa shape index (κ1) is 36.6. The number of nitrogens with zero attached hydrogens (tertiary/aromatic N) is 5. The van der Waals surface area contributed by atoms with Gasteiger partial charge in [0.2, 0.25) is 11.8 Å². The van der Waals surface area contributed by atoms with Crippen molar-refractivity contribution in [3.63, 3.8) is 0 Å². The number of nitrogens with one attached hydrogen (secondary N) is 3. The van der Waals surface area contributed by atoms with E-state index in [-0.39, 0.29) is 35.8 Å². The Bertz CT molecular complexity index is 2500. The van der Waals surface area contributed by atoms with Crippen LogP contribution in [0.1, 0.15) is 73.9 Å². The average Bonchev–Trinajstić information content (AvgIpc) is 4.04. The van der Waals surface area contributed by atoms with Crippen LogP contribution in [0.5, 0.6) is 0 Å². The first-order valence-corrected chi connectivity index (χ1v) is 19.6. The summed E-state index contributed by atoms with van der Waals surface area (Å²) in [6, 6.07) is 25.7. The van der Waals surface area contributed by atoms with Crippen molar-refractivity contribution in [3.8, 4) is 22.3 Å². The lowest BCUT2D eigenvalue weighted by atomic mass is 9.98. The highest BCUT2D eigenvalue weighted by molar-refractivity contribution is 5.88. The molecule has 13 heteroatoms. The number of hydrogen-bond acceptors (Lipinski definition) is 7. The fourth-order valence-corrected chi connectivity index (χ4v) is 9.16. The first-order valence-electron chi connectivity index (χ1n) is 19.6. The van der Waals surface area contributed by atoms with E-state index in [0.29, 0.717) is 18.5 Å². The predicted molar refractivity (Wildman–Crippen MR) is 214 cm³/mol. The third-order valence-corrected chi connectivity index (χ3v) is 12.0. The Morgan fingerprint density at radius 2 is 1.40 bits per heavy atom. The molecule has 3 N–H and O–H groups in total. The SMILES string of the molecule is COC(=O)N[C@H]1CC[C@H]2CC[C@@H](c3nc4ccc(-c5ccc(-c6ccc7nc([C@@H]8CCCN8C(=O)[C@@H](c8ccccc8F)N(C)C)[nH]c7c6)cc5)cc4[nH]3)N2C1=O. The number of aromatic nitrogens is 4. The van der Waals surface area contributed by atoms with Crippen LogP contribution >= 0.6 is 0 Å². The maximum Gasteiger partial charge on any atom is 0.407 e. The Kier molecular flexibility index (Phi) is 9.47. The number of carbonyl (C=O) groups excluding carboxylic acids is 3. The zero-order valence-electron chi connectivity index (χ0n) is 32.2. The second-order valence-corrected chi connectivity index (χ2v) is 15.6. The smallest absolute Gasteiger partial charge is 0.407 e. The summed E-state index contributed by atoms with van der Waals surface area (Å²) < 4.78 is 19.6. The third-order valence-electron chi connectivity index (χ3n) is 12.0. The van der Waals surface area contributed by atoms with Crippen LogP contribution in [0.25, 0.3) is 44.3 Å². The van der Waals surface area contributed by atoms with Crippen LogP contribution < -0.4 is 5.32 Å². The molecular formula is C44H45FN8O4. The van der Waals surface area contributed by atoms with E-state index in [4.69, 9.17) is 14.7 Å². The molecule has 3 saturated heterocycles. The van der Waals surface area contributed by atoms with Crippen molar-refractivity contribution in [2.45, 2.75) is 68.7 Å². The predicted octanol–water partition coefficient (Wildman–Crippen LogP) is 7.43. The summed E-state index contributed by atoms with van der Waals surface area (Å²) >= 11 is 0. The van der Waals surface area contributed by atoms with Crippen molar-refractivity contribution in [3.05, 3.63) is 108 Å². The Labute approximate surface area is 329 Å². The largest absolute Gasteiger partial charge is 0.453 e. The quantitative estimate of drug-likeness (QED) is 0.146. The Hall–Kier alpha value is -6.08. The van der Waals surface area contributed by atoms with Gasteiger partial charge in [0, 0.05) is 18.2 Å². The van der Waals surface area contributed by atoms with E-state index in [1.165, 1.54) is 13.2 Å². The van der Waals surface area contributed by atoms with Gasteiger partial charge in [0.1, 0.15) is 29.5 Å². The van der Waals surface area contributed by atoms with Gasteiger partial charge in [0.25, 0.3) is 0 Å². The monoisotopic (exact) mass is 768 g/mol. The van der Waals surface area contributed by atoms with Crippen LogP contribution in [0.3, 0.4) is 0 Å². The average molecular weight is 769 g/mol. The summed E-state index contributed by atoms with van der Waals surface area (Å²) in [5.74, 6) is 0.890. The number of hydrogen-bond donors (Lipinski definition) is 3. The van der Waals surface area contributed by atoms with E-state index in [9.17, 15) is 18.8 Å². The van der Waals surface area contributed by atoms with Gasteiger partial charge in [0.15, 0.2) is 0 Å². The second kappa shape index (κ2) is 14.8. The fraction of sp³-hybridized carbons (Fsp3) is 0.341. The summed E-state index contributed by atoms with van der Waals surface area (Å²) in [6.45, 7) is 0.587. The number of H-pyrrole nitrogens is 2. The molecule has 2 aromatic heterocycles. The number of aromatic amines is 2. The molecule has 0 bridgehead atoms. The second-order valence-electron chi connectivity index (χ2n) is 15.6. The number of piperidine rings is 1. The normalized spacial score (nSPS) is 21.4. The highest BCUT2D eigenvalue weighted by Crippen LogP contribution is 2.41. The number of alkyl carbamates (subject to hydrolysis) is 1. The molecule has 5 atom stereocenters. The van der Waals surface area contributed by atoms with Crippen molar-refractivity contribution >= 4 is 40.0 Å². The van der Waals surface area contributed by atoms with Crippen LogP contribution in [0.2, 0.25) is 0 Å². The van der Waals surface area contributed by atoms with Crippen molar-refractivity contribution in [2.24, 2.45) is 0 Å². The highest BCUT2D eigenvalue weighted by Gasteiger charge is 2.45. The number of halogens is 1. The fourth-order valence-electron chi connectivity index (χ4n) is 9.16. The molecule has 0 aliphatic carbocycles. The first-order chi connectivity index (χ1) is 27.7. The number of likely N-dealkylation sites (tertiary alicyclic amines) is 1. The Balaban J connectivity index is 0.915. The molecule has 5 heterocycles. The number of methoxy groups -OCH3 is 1. The Morgan fingerprint density at radius 1 is 0.807 bits per heavy atom. The third kappa shape index (κ3) is 6.69. The molecular weight excluding hydrogens is 724 g/mol. The summed E-state index contributed by atoms with van der Waals surface area (Å²) in [6.07, 6.45) is 4.17. The van der Waals surface area contributed by atoms with E-state index < -0.39 is 18.2 Å². The maximum atomic E-state index is 14.9. The number of likely N-dealkylation sites (N-methyl/N-ethyl adjacent to an activating group) is 1. The van der Waals surface area contributed by atoms with Crippen molar-refractivity contribution in [1.29, 1.82) is 0 Å². The molecule has 9 rings (SSSR count). The van der Waals surface area contributed by atoms with Crippen LogP contribution in [-0.4, -0.2) is 92.4 Å². The summed E-state index contributed by atoms with van der Waals surface area (Å²) in [5.41, 5.74) is 8.01. The molecule has 3 aliphatic rings. The minimum atomic E-state index is -0.733. The lowest BCUT2D eigenvalue weighted by Gasteiger charge is -2.37. The number of imidazole rings is 2. The molecule has 292 valence electrons. The summed E-state index contributed by atoms with van der Waals surface area (Å²) in [7, 11) is 4.91. The van der Waals surface area contributed by atoms with Gasteiger partial charge in [-0.25, -0.2) is 19.2 Å². The van der Waals surface area contributed by atoms with E-state index in [2.05, 4.69) is 63.8 Å². The van der Waals surface area contributed by atoms with Crippen molar-refractivity contribution < 1.29 is 23.5 Å². The van der Waals surface area contributed by atoms with Crippen LogP contribution in [0, 0.1) is 5.82 Å². The van der Waals surface area contributed by atoms with Gasteiger partial charge in [-0.2, -0.15) is 0 Å². The number of amides is 3. The number of carbonyl (C=O) groups is 3. The number of ether oxygens (including phenoxy) is 1. The van der Waals surface area contributed by atoms with Crippen LogP contribution in [-0.2, 0) is 14.3 Å².